The Balaban J connectivity index is 2.36. The minimum atomic E-state index is -2.68. The first-order valence-electron chi connectivity index (χ1n) is 4.39. The monoisotopic (exact) mass is 179 g/mol. The lowest BCUT2D eigenvalue weighted by Crippen LogP contribution is -2.36. The van der Waals surface area contributed by atoms with Crippen LogP contribution in [0.25, 0.3) is 0 Å². The number of halogens is 2. The van der Waals surface area contributed by atoms with Crippen molar-refractivity contribution in [3.8, 4) is 0 Å². The number of hydrogen-bond acceptors (Lipinski definition) is 2. The lowest BCUT2D eigenvalue weighted by Gasteiger charge is -2.20. The van der Waals surface area contributed by atoms with Crippen LogP contribution < -0.4 is 5.73 Å². The van der Waals surface area contributed by atoms with Crippen LogP contribution in [-0.4, -0.2) is 18.8 Å². The standard InChI is InChI=1S/C8H15F2NO/c9-8(10)12-7-5-3-1-2-4-6(7)11/h6-8H,1-5,11H2. The molecule has 0 saturated heterocycles. The van der Waals surface area contributed by atoms with Crippen LogP contribution in [0.3, 0.4) is 0 Å². The van der Waals surface area contributed by atoms with E-state index in [1.165, 1.54) is 0 Å². The van der Waals surface area contributed by atoms with Gasteiger partial charge in [-0.3, -0.25) is 0 Å². The Kier molecular flexibility index (Phi) is 3.88. The lowest BCUT2D eigenvalue weighted by atomic mass is 10.1. The quantitative estimate of drug-likeness (QED) is 0.657. The van der Waals surface area contributed by atoms with Gasteiger partial charge in [0.1, 0.15) is 0 Å². The Morgan fingerprint density at radius 1 is 1.17 bits per heavy atom. The highest BCUT2D eigenvalue weighted by Gasteiger charge is 2.23. The van der Waals surface area contributed by atoms with E-state index >= 15 is 0 Å². The summed E-state index contributed by atoms with van der Waals surface area (Å²) in [4.78, 5) is 0. The smallest absolute Gasteiger partial charge is 0.325 e. The summed E-state index contributed by atoms with van der Waals surface area (Å²) < 4.78 is 28.1. The van der Waals surface area contributed by atoms with Crippen molar-refractivity contribution in [3.05, 3.63) is 0 Å². The Hall–Kier alpha value is -0.220. The molecule has 72 valence electrons. The Labute approximate surface area is 71.1 Å². The van der Waals surface area contributed by atoms with Gasteiger partial charge in [-0.25, -0.2) is 0 Å². The van der Waals surface area contributed by atoms with Gasteiger partial charge in [-0.15, -0.1) is 0 Å². The maximum Gasteiger partial charge on any atom is 0.345 e. The van der Waals surface area contributed by atoms with E-state index in [9.17, 15) is 8.78 Å². The van der Waals surface area contributed by atoms with Crippen LogP contribution in [-0.2, 0) is 4.74 Å². The van der Waals surface area contributed by atoms with E-state index in [1.54, 1.807) is 0 Å². The van der Waals surface area contributed by atoms with Crippen LogP contribution in [0, 0.1) is 0 Å². The fourth-order valence-electron chi connectivity index (χ4n) is 1.60. The second kappa shape index (κ2) is 4.72. The third-order valence-corrected chi connectivity index (χ3v) is 2.28. The predicted octanol–water partition coefficient (Wildman–Crippen LogP) is 1.89. The van der Waals surface area contributed by atoms with Crippen molar-refractivity contribution < 1.29 is 13.5 Å². The SMILES string of the molecule is NC1CCCCCC1OC(F)F. The molecule has 1 aliphatic carbocycles. The molecule has 0 aromatic carbocycles. The molecule has 0 amide bonds. The fourth-order valence-corrected chi connectivity index (χ4v) is 1.60. The molecule has 1 saturated carbocycles. The maximum absolute atomic E-state index is 11.8. The summed E-state index contributed by atoms with van der Waals surface area (Å²) in [5.74, 6) is 0. The van der Waals surface area contributed by atoms with Crippen molar-refractivity contribution in [2.45, 2.75) is 50.9 Å². The van der Waals surface area contributed by atoms with Gasteiger partial charge >= 0.3 is 6.61 Å². The number of alkyl halides is 2. The highest BCUT2D eigenvalue weighted by atomic mass is 19.3. The highest BCUT2D eigenvalue weighted by molar-refractivity contribution is 4.76. The molecule has 2 N–H and O–H groups in total. The van der Waals surface area contributed by atoms with E-state index in [2.05, 4.69) is 4.74 Å². The van der Waals surface area contributed by atoms with Crippen molar-refractivity contribution in [1.29, 1.82) is 0 Å². The van der Waals surface area contributed by atoms with Gasteiger partial charge in [0, 0.05) is 6.04 Å². The molecular weight excluding hydrogens is 164 g/mol. The van der Waals surface area contributed by atoms with Gasteiger partial charge in [-0.2, -0.15) is 8.78 Å². The fraction of sp³-hybridized carbons (Fsp3) is 1.00. The Bertz CT molecular complexity index is 132. The van der Waals surface area contributed by atoms with Crippen LogP contribution in [0.15, 0.2) is 0 Å². The molecule has 1 fully saturated rings. The molecule has 2 atom stereocenters. The summed E-state index contributed by atoms with van der Waals surface area (Å²) in [6, 6.07) is -0.207. The van der Waals surface area contributed by atoms with Crippen molar-refractivity contribution in [2.24, 2.45) is 5.73 Å². The van der Waals surface area contributed by atoms with Gasteiger partial charge in [0.2, 0.25) is 0 Å². The van der Waals surface area contributed by atoms with Crippen molar-refractivity contribution in [1.82, 2.24) is 0 Å². The van der Waals surface area contributed by atoms with Crippen molar-refractivity contribution in [3.63, 3.8) is 0 Å². The zero-order valence-electron chi connectivity index (χ0n) is 7.01. The van der Waals surface area contributed by atoms with Gasteiger partial charge in [-0.1, -0.05) is 19.3 Å². The third kappa shape index (κ3) is 3.03. The first kappa shape index (κ1) is 9.86. The molecule has 4 heteroatoms. The molecule has 0 bridgehead atoms. The summed E-state index contributed by atoms with van der Waals surface area (Å²) in [5.41, 5.74) is 5.67. The van der Waals surface area contributed by atoms with Crippen LogP contribution in [0.2, 0.25) is 0 Å². The van der Waals surface area contributed by atoms with E-state index < -0.39 is 12.7 Å². The topological polar surface area (TPSA) is 35.2 Å². The normalized spacial score (nSPS) is 32.0. The van der Waals surface area contributed by atoms with E-state index in [0.29, 0.717) is 6.42 Å². The molecule has 0 aliphatic heterocycles. The third-order valence-electron chi connectivity index (χ3n) is 2.28. The van der Waals surface area contributed by atoms with Crippen LogP contribution >= 0.6 is 0 Å². The van der Waals surface area contributed by atoms with Crippen LogP contribution in [0.1, 0.15) is 32.1 Å². The molecule has 0 aromatic rings. The summed E-state index contributed by atoms with van der Waals surface area (Å²) in [7, 11) is 0. The van der Waals surface area contributed by atoms with Crippen LogP contribution in [0.5, 0.6) is 0 Å². The molecule has 1 aliphatic rings. The van der Waals surface area contributed by atoms with Gasteiger partial charge in [-0.05, 0) is 12.8 Å². The van der Waals surface area contributed by atoms with Gasteiger partial charge in [0.25, 0.3) is 0 Å². The minimum Gasteiger partial charge on any atom is -0.325 e. The van der Waals surface area contributed by atoms with Gasteiger partial charge < -0.3 is 10.5 Å². The van der Waals surface area contributed by atoms with Crippen molar-refractivity contribution >= 4 is 0 Å². The number of rotatable bonds is 2. The van der Waals surface area contributed by atoms with E-state index in [-0.39, 0.29) is 6.04 Å². The lowest BCUT2D eigenvalue weighted by molar-refractivity contribution is -0.169. The van der Waals surface area contributed by atoms with Crippen molar-refractivity contribution in [2.75, 3.05) is 0 Å². The number of ether oxygens (including phenoxy) is 1. The molecule has 0 spiro atoms. The first-order valence-corrected chi connectivity index (χ1v) is 4.39. The average Bonchev–Trinajstić information content (AvgIpc) is 2.16. The second-order valence-electron chi connectivity index (χ2n) is 3.24. The first-order chi connectivity index (χ1) is 5.70. The molecular formula is C8H15F2NO. The predicted molar refractivity (Wildman–Crippen MR) is 41.9 cm³/mol. The van der Waals surface area contributed by atoms with Gasteiger partial charge in [0.05, 0.1) is 6.10 Å². The zero-order chi connectivity index (χ0) is 8.97. The average molecular weight is 179 g/mol. The van der Waals surface area contributed by atoms with E-state index in [1.807, 2.05) is 0 Å². The van der Waals surface area contributed by atoms with Gasteiger partial charge in [0.15, 0.2) is 0 Å². The van der Waals surface area contributed by atoms with Crippen LogP contribution in [0.4, 0.5) is 8.78 Å². The Morgan fingerprint density at radius 3 is 2.50 bits per heavy atom. The molecule has 2 nitrogen and oxygen atoms in total. The molecule has 2 unspecified atom stereocenters. The summed E-state index contributed by atoms with van der Waals surface area (Å²) in [6.45, 7) is -2.68. The highest BCUT2D eigenvalue weighted by Crippen LogP contribution is 2.20. The molecule has 0 heterocycles. The van der Waals surface area contributed by atoms with E-state index in [0.717, 1.165) is 25.7 Å². The molecule has 12 heavy (non-hydrogen) atoms. The summed E-state index contributed by atoms with van der Waals surface area (Å²) >= 11 is 0. The number of nitrogens with two attached hydrogens (primary N) is 1. The Morgan fingerprint density at radius 2 is 1.83 bits per heavy atom. The second-order valence-corrected chi connectivity index (χ2v) is 3.24. The number of hydrogen-bond donors (Lipinski definition) is 1. The molecule has 1 rings (SSSR count). The molecule has 0 aromatic heterocycles. The summed E-state index contributed by atoms with van der Waals surface area (Å²) in [6.07, 6.45) is 4.10. The van der Waals surface area contributed by atoms with E-state index in [4.69, 9.17) is 5.73 Å². The molecule has 0 radical (unpaired) electrons. The summed E-state index contributed by atoms with van der Waals surface area (Å²) in [5, 5.41) is 0. The maximum atomic E-state index is 11.8. The largest absolute Gasteiger partial charge is 0.345 e. The minimum absolute atomic E-state index is 0.207. The zero-order valence-corrected chi connectivity index (χ0v) is 7.01.